The third-order valence-corrected chi connectivity index (χ3v) is 3.72. The fourth-order valence-electron chi connectivity index (χ4n) is 2.57. The second-order valence-electron chi connectivity index (χ2n) is 5.18. The first-order valence-electron chi connectivity index (χ1n) is 7.09. The lowest BCUT2D eigenvalue weighted by molar-refractivity contribution is 0.167. The first kappa shape index (κ1) is 14.9. The Labute approximate surface area is 106 Å². The van der Waals surface area contributed by atoms with Gasteiger partial charge in [0, 0.05) is 19.1 Å². The summed E-state index contributed by atoms with van der Waals surface area (Å²) in [4.78, 5) is 2.39. The zero-order valence-corrected chi connectivity index (χ0v) is 11.5. The maximum Gasteiger partial charge on any atom is 0.0609 e. The molecule has 1 fully saturated rings. The van der Waals surface area contributed by atoms with E-state index in [9.17, 15) is 0 Å². The highest BCUT2D eigenvalue weighted by atomic mass is 15.3. The molecule has 0 aromatic rings. The molecule has 4 N–H and O–H groups in total. The summed E-state index contributed by atoms with van der Waals surface area (Å²) in [5, 5.41) is 6.98. The molecule has 1 aliphatic carbocycles. The van der Waals surface area contributed by atoms with Crippen molar-refractivity contribution in [3.8, 4) is 0 Å². The third-order valence-electron chi connectivity index (χ3n) is 3.72. The largest absolute Gasteiger partial charge is 0.330 e. The summed E-state index contributed by atoms with van der Waals surface area (Å²) in [6, 6.07) is 0.706. The predicted octanol–water partition coefficient (Wildman–Crippen LogP) is 0.735. The normalized spacial score (nSPS) is 19.8. The van der Waals surface area contributed by atoms with Crippen LogP contribution in [0.25, 0.3) is 0 Å². The summed E-state index contributed by atoms with van der Waals surface area (Å²) in [5.41, 5.74) is 5.72. The van der Waals surface area contributed by atoms with E-state index < -0.39 is 0 Å². The molecule has 102 valence electrons. The van der Waals surface area contributed by atoms with Gasteiger partial charge in [0.05, 0.1) is 6.17 Å². The molecule has 0 radical (unpaired) electrons. The zero-order valence-electron chi connectivity index (χ0n) is 11.5. The van der Waals surface area contributed by atoms with E-state index in [2.05, 4.69) is 22.6 Å². The molecule has 0 saturated heterocycles. The van der Waals surface area contributed by atoms with Crippen LogP contribution in [0.4, 0.5) is 0 Å². The molecule has 0 aromatic heterocycles. The Bertz CT molecular complexity index is 180. The van der Waals surface area contributed by atoms with Gasteiger partial charge in [0.25, 0.3) is 0 Å². The highest BCUT2D eigenvalue weighted by molar-refractivity contribution is 4.77. The number of likely N-dealkylation sites (N-methyl/N-ethyl adjacent to an activating group) is 2. The Morgan fingerprint density at radius 1 is 1.29 bits per heavy atom. The lowest BCUT2D eigenvalue weighted by Gasteiger charge is -2.34. The molecule has 1 aliphatic rings. The van der Waals surface area contributed by atoms with Gasteiger partial charge in [-0.1, -0.05) is 19.3 Å². The quantitative estimate of drug-likeness (QED) is 0.549. The smallest absolute Gasteiger partial charge is 0.0609 e. The Kier molecular flexibility index (Phi) is 7.77. The maximum absolute atomic E-state index is 5.72. The number of rotatable bonds is 8. The van der Waals surface area contributed by atoms with Gasteiger partial charge in [0.15, 0.2) is 0 Å². The minimum atomic E-state index is 0.441. The number of nitrogens with zero attached hydrogens (tertiary/aromatic N) is 1. The van der Waals surface area contributed by atoms with E-state index in [1.54, 1.807) is 0 Å². The zero-order chi connectivity index (χ0) is 12.5. The molecular formula is C13H30N4. The molecule has 0 heterocycles. The fraction of sp³-hybridized carbons (Fsp3) is 1.00. The van der Waals surface area contributed by atoms with Gasteiger partial charge in [-0.3, -0.25) is 10.2 Å². The van der Waals surface area contributed by atoms with Crippen LogP contribution in [-0.4, -0.2) is 50.8 Å². The van der Waals surface area contributed by atoms with Crippen LogP contribution >= 0.6 is 0 Å². The minimum Gasteiger partial charge on any atom is -0.330 e. The van der Waals surface area contributed by atoms with Crippen molar-refractivity contribution >= 4 is 0 Å². The highest BCUT2D eigenvalue weighted by Gasteiger charge is 2.19. The van der Waals surface area contributed by atoms with E-state index in [0.717, 1.165) is 26.1 Å². The summed E-state index contributed by atoms with van der Waals surface area (Å²) in [6.07, 6.45) is 8.32. The van der Waals surface area contributed by atoms with Crippen LogP contribution < -0.4 is 16.4 Å². The van der Waals surface area contributed by atoms with Gasteiger partial charge in [-0.15, -0.1) is 0 Å². The molecule has 0 aliphatic heterocycles. The third kappa shape index (κ3) is 5.82. The monoisotopic (exact) mass is 242 g/mol. The molecule has 0 amide bonds. The molecule has 1 saturated carbocycles. The lowest BCUT2D eigenvalue weighted by atomic mass is 9.95. The molecule has 17 heavy (non-hydrogen) atoms. The number of nitrogens with two attached hydrogens (primary N) is 1. The van der Waals surface area contributed by atoms with Crippen LogP contribution in [-0.2, 0) is 0 Å². The average Bonchev–Trinajstić information content (AvgIpc) is 2.36. The van der Waals surface area contributed by atoms with Crippen molar-refractivity contribution in [3.63, 3.8) is 0 Å². The van der Waals surface area contributed by atoms with Crippen LogP contribution in [0, 0.1) is 0 Å². The molecule has 1 atom stereocenters. The molecule has 1 rings (SSSR count). The van der Waals surface area contributed by atoms with Gasteiger partial charge in [0.2, 0.25) is 0 Å². The summed E-state index contributed by atoms with van der Waals surface area (Å²) in [7, 11) is 4.19. The summed E-state index contributed by atoms with van der Waals surface area (Å²) < 4.78 is 0. The van der Waals surface area contributed by atoms with Crippen LogP contribution in [0.5, 0.6) is 0 Å². The molecule has 0 aromatic carbocycles. The maximum atomic E-state index is 5.72. The SMILES string of the molecule is CNCCN(C)C(CCN)NC1CCCCC1. The highest BCUT2D eigenvalue weighted by Crippen LogP contribution is 2.18. The molecule has 0 spiro atoms. The van der Waals surface area contributed by atoms with Crippen LogP contribution in [0.1, 0.15) is 38.5 Å². The van der Waals surface area contributed by atoms with Crippen molar-refractivity contribution < 1.29 is 0 Å². The Hall–Kier alpha value is -0.160. The first-order chi connectivity index (χ1) is 8.27. The fourth-order valence-corrected chi connectivity index (χ4v) is 2.57. The van der Waals surface area contributed by atoms with Crippen molar-refractivity contribution in [2.24, 2.45) is 5.73 Å². The standard InChI is InChI=1S/C13H30N4/c1-15-10-11-17(2)13(8-9-14)16-12-6-4-3-5-7-12/h12-13,15-16H,3-11,14H2,1-2H3. The first-order valence-corrected chi connectivity index (χ1v) is 7.09. The van der Waals surface area contributed by atoms with Crippen molar-refractivity contribution in [1.82, 2.24) is 15.5 Å². The lowest BCUT2D eigenvalue weighted by Crippen LogP contribution is -2.51. The van der Waals surface area contributed by atoms with Gasteiger partial charge in [-0.2, -0.15) is 0 Å². The van der Waals surface area contributed by atoms with Crippen molar-refractivity contribution in [2.75, 3.05) is 33.7 Å². The number of hydrogen-bond donors (Lipinski definition) is 3. The Balaban J connectivity index is 2.34. The van der Waals surface area contributed by atoms with Gasteiger partial charge >= 0.3 is 0 Å². The Morgan fingerprint density at radius 2 is 2.00 bits per heavy atom. The van der Waals surface area contributed by atoms with Crippen LogP contribution in [0.15, 0.2) is 0 Å². The summed E-state index contributed by atoms with van der Waals surface area (Å²) >= 11 is 0. The summed E-state index contributed by atoms with van der Waals surface area (Å²) in [6.45, 7) is 2.86. The average molecular weight is 242 g/mol. The molecule has 4 nitrogen and oxygen atoms in total. The predicted molar refractivity (Wildman–Crippen MR) is 74.0 cm³/mol. The summed E-state index contributed by atoms with van der Waals surface area (Å²) in [5.74, 6) is 0. The van der Waals surface area contributed by atoms with Crippen LogP contribution in [0.3, 0.4) is 0 Å². The second kappa shape index (κ2) is 8.86. The van der Waals surface area contributed by atoms with Gasteiger partial charge in [-0.25, -0.2) is 0 Å². The van der Waals surface area contributed by atoms with Gasteiger partial charge in [-0.05, 0) is 39.9 Å². The molecular weight excluding hydrogens is 212 g/mol. The topological polar surface area (TPSA) is 53.3 Å². The van der Waals surface area contributed by atoms with E-state index in [4.69, 9.17) is 5.73 Å². The van der Waals surface area contributed by atoms with Crippen LogP contribution in [0.2, 0.25) is 0 Å². The van der Waals surface area contributed by atoms with E-state index in [0.29, 0.717) is 12.2 Å². The minimum absolute atomic E-state index is 0.441. The van der Waals surface area contributed by atoms with E-state index in [1.165, 1.54) is 32.1 Å². The van der Waals surface area contributed by atoms with Gasteiger partial charge in [0.1, 0.15) is 0 Å². The van der Waals surface area contributed by atoms with Gasteiger partial charge < -0.3 is 11.1 Å². The second-order valence-corrected chi connectivity index (χ2v) is 5.18. The van der Waals surface area contributed by atoms with Crippen molar-refractivity contribution in [3.05, 3.63) is 0 Å². The molecule has 1 unspecified atom stereocenters. The number of hydrogen-bond acceptors (Lipinski definition) is 4. The molecule has 0 bridgehead atoms. The number of nitrogens with one attached hydrogen (secondary N) is 2. The van der Waals surface area contributed by atoms with E-state index in [1.807, 2.05) is 7.05 Å². The molecule has 4 heteroatoms. The van der Waals surface area contributed by atoms with Crippen molar-refractivity contribution in [1.29, 1.82) is 0 Å². The van der Waals surface area contributed by atoms with Crippen molar-refractivity contribution in [2.45, 2.75) is 50.7 Å². The van der Waals surface area contributed by atoms with E-state index >= 15 is 0 Å². The Morgan fingerprint density at radius 3 is 2.59 bits per heavy atom. The van der Waals surface area contributed by atoms with E-state index in [-0.39, 0.29) is 0 Å².